The molecule has 0 aliphatic heterocycles. The van der Waals surface area contributed by atoms with Gasteiger partial charge in [-0.25, -0.2) is 9.59 Å². The van der Waals surface area contributed by atoms with Crippen molar-refractivity contribution in [2.45, 2.75) is 0 Å². The number of anilines is 1. The molecular formula is C8H9NO5. The molecule has 0 radical (unpaired) electrons. The van der Waals surface area contributed by atoms with Crippen molar-refractivity contribution < 1.29 is 24.9 Å². The number of phenolic OH excluding ortho intramolecular Hbond substituents is 1. The van der Waals surface area contributed by atoms with Crippen LogP contribution in [0.1, 0.15) is 0 Å². The van der Waals surface area contributed by atoms with Crippen molar-refractivity contribution in [3.8, 4) is 5.75 Å². The molecule has 1 aromatic carbocycles. The van der Waals surface area contributed by atoms with Gasteiger partial charge >= 0.3 is 11.9 Å². The van der Waals surface area contributed by atoms with Gasteiger partial charge in [0.25, 0.3) is 0 Å². The lowest BCUT2D eigenvalue weighted by atomic mass is 10.3. The zero-order valence-corrected chi connectivity index (χ0v) is 7.04. The van der Waals surface area contributed by atoms with Crippen molar-refractivity contribution >= 4 is 17.6 Å². The summed E-state index contributed by atoms with van der Waals surface area (Å²) in [5, 5.41) is 23.6. The SMILES string of the molecule is Nc1ccccc1O.O=C(O)C(=O)O. The molecule has 1 rings (SSSR count). The Kier molecular flexibility index (Phi) is 4.55. The van der Waals surface area contributed by atoms with Gasteiger partial charge in [0.05, 0.1) is 5.69 Å². The fourth-order valence-corrected chi connectivity index (χ4v) is 0.488. The Labute approximate surface area is 79.2 Å². The number of phenols is 1. The van der Waals surface area contributed by atoms with E-state index in [2.05, 4.69) is 0 Å². The first-order valence-electron chi connectivity index (χ1n) is 3.45. The quantitative estimate of drug-likeness (QED) is 0.267. The molecule has 0 saturated carbocycles. The number of carboxylic acid groups (broad SMARTS) is 2. The molecule has 0 aromatic heterocycles. The Hall–Kier alpha value is -2.24. The van der Waals surface area contributed by atoms with E-state index in [1.54, 1.807) is 24.3 Å². The Morgan fingerprint density at radius 2 is 1.50 bits per heavy atom. The summed E-state index contributed by atoms with van der Waals surface area (Å²) in [6.45, 7) is 0. The number of carbonyl (C=O) groups is 2. The van der Waals surface area contributed by atoms with Gasteiger partial charge in [0, 0.05) is 0 Å². The lowest BCUT2D eigenvalue weighted by Gasteiger charge is -1.92. The number of benzene rings is 1. The second-order valence-corrected chi connectivity index (χ2v) is 2.17. The van der Waals surface area contributed by atoms with E-state index in [1.807, 2.05) is 0 Å². The van der Waals surface area contributed by atoms with Crippen LogP contribution < -0.4 is 5.73 Å². The molecule has 0 spiro atoms. The Morgan fingerprint density at radius 3 is 1.71 bits per heavy atom. The zero-order valence-electron chi connectivity index (χ0n) is 7.04. The first-order valence-corrected chi connectivity index (χ1v) is 3.45. The first kappa shape index (κ1) is 11.8. The Morgan fingerprint density at radius 1 is 1.07 bits per heavy atom. The summed E-state index contributed by atoms with van der Waals surface area (Å²) < 4.78 is 0. The third-order valence-electron chi connectivity index (χ3n) is 1.12. The summed E-state index contributed by atoms with van der Waals surface area (Å²) in [4.78, 5) is 18.2. The second kappa shape index (κ2) is 5.41. The third kappa shape index (κ3) is 4.60. The largest absolute Gasteiger partial charge is 0.506 e. The summed E-state index contributed by atoms with van der Waals surface area (Å²) in [7, 11) is 0. The van der Waals surface area contributed by atoms with E-state index in [9.17, 15) is 0 Å². The summed E-state index contributed by atoms with van der Waals surface area (Å²) in [6.07, 6.45) is 0. The van der Waals surface area contributed by atoms with E-state index >= 15 is 0 Å². The maximum absolute atomic E-state index is 9.10. The highest BCUT2D eigenvalue weighted by Crippen LogP contribution is 2.16. The topological polar surface area (TPSA) is 121 Å². The summed E-state index contributed by atoms with van der Waals surface area (Å²) in [5.41, 5.74) is 5.69. The van der Waals surface area contributed by atoms with Gasteiger partial charge < -0.3 is 21.1 Å². The van der Waals surface area contributed by atoms with Crippen LogP contribution in [0.4, 0.5) is 5.69 Å². The number of hydrogen-bond donors (Lipinski definition) is 4. The van der Waals surface area contributed by atoms with E-state index in [4.69, 9.17) is 30.6 Å². The molecule has 0 unspecified atom stereocenters. The number of rotatable bonds is 0. The number of hydrogen-bond acceptors (Lipinski definition) is 4. The van der Waals surface area contributed by atoms with Crippen molar-refractivity contribution in [2.24, 2.45) is 0 Å². The molecule has 0 aliphatic rings. The van der Waals surface area contributed by atoms with Crippen LogP contribution >= 0.6 is 0 Å². The van der Waals surface area contributed by atoms with Crippen molar-refractivity contribution in [3.63, 3.8) is 0 Å². The zero-order chi connectivity index (χ0) is 11.1. The van der Waals surface area contributed by atoms with Crippen LogP contribution in [-0.2, 0) is 9.59 Å². The van der Waals surface area contributed by atoms with Crippen LogP contribution in [0.2, 0.25) is 0 Å². The maximum Gasteiger partial charge on any atom is 0.414 e. The number of carboxylic acids is 2. The number of aliphatic carboxylic acids is 2. The smallest absolute Gasteiger partial charge is 0.414 e. The van der Waals surface area contributed by atoms with Gasteiger partial charge in [0.15, 0.2) is 0 Å². The number of para-hydroxylation sites is 2. The minimum atomic E-state index is -1.82. The lowest BCUT2D eigenvalue weighted by molar-refractivity contribution is -0.159. The monoisotopic (exact) mass is 199 g/mol. The van der Waals surface area contributed by atoms with Crippen LogP contribution in [0.3, 0.4) is 0 Å². The molecule has 5 N–H and O–H groups in total. The highest BCUT2D eigenvalue weighted by molar-refractivity contribution is 6.27. The van der Waals surface area contributed by atoms with Crippen molar-refractivity contribution in [1.29, 1.82) is 0 Å². The van der Waals surface area contributed by atoms with Crippen LogP contribution in [0.5, 0.6) is 5.75 Å². The average molecular weight is 199 g/mol. The minimum Gasteiger partial charge on any atom is -0.506 e. The van der Waals surface area contributed by atoms with E-state index < -0.39 is 11.9 Å². The molecule has 0 aliphatic carbocycles. The molecule has 0 fully saturated rings. The highest BCUT2D eigenvalue weighted by atomic mass is 16.4. The molecule has 0 saturated heterocycles. The lowest BCUT2D eigenvalue weighted by Crippen LogP contribution is -2.09. The normalized spacial score (nSPS) is 8.29. The fourth-order valence-electron chi connectivity index (χ4n) is 0.488. The van der Waals surface area contributed by atoms with Crippen LogP contribution in [0, 0.1) is 0 Å². The van der Waals surface area contributed by atoms with E-state index in [0.29, 0.717) is 5.69 Å². The fraction of sp³-hybridized carbons (Fsp3) is 0. The van der Waals surface area contributed by atoms with Gasteiger partial charge in [0.1, 0.15) is 5.75 Å². The number of nitrogens with two attached hydrogens (primary N) is 1. The van der Waals surface area contributed by atoms with Crippen molar-refractivity contribution in [3.05, 3.63) is 24.3 Å². The maximum atomic E-state index is 9.10. The van der Waals surface area contributed by atoms with E-state index in [-0.39, 0.29) is 5.75 Å². The Bertz CT molecular complexity index is 303. The third-order valence-corrected chi connectivity index (χ3v) is 1.12. The van der Waals surface area contributed by atoms with E-state index in [0.717, 1.165) is 0 Å². The van der Waals surface area contributed by atoms with Gasteiger partial charge in [-0.2, -0.15) is 0 Å². The molecule has 6 nitrogen and oxygen atoms in total. The minimum absolute atomic E-state index is 0.146. The molecule has 14 heavy (non-hydrogen) atoms. The molecule has 0 bridgehead atoms. The second-order valence-electron chi connectivity index (χ2n) is 2.17. The average Bonchev–Trinajstić information content (AvgIpc) is 2.11. The van der Waals surface area contributed by atoms with E-state index in [1.165, 1.54) is 0 Å². The predicted molar refractivity (Wildman–Crippen MR) is 47.8 cm³/mol. The summed E-state index contributed by atoms with van der Waals surface area (Å²) in [6, 6.07) is 6.70. The van der Waals surface area contributed by atoms with Gasteiger partial charge in [-0.1, -0.05) is 12.1 Å². The molecular weight excluding hydrogens is 190 g/mol. The summed E-state index contributed by atoms with van der Waals surface area (Å²) in [5.74, 6) is -3.50. The summed E-state index contributed by atoms with van der Waals surface area (Å²) >= 11 is 0. The molecule has 0 amide bonds. The van der Waals surface area contributed by atoms with Crippen LogP contribution in [0.15, 0.2) is 24.3 Å². The number of nitrogen functional groups attached to an aromatic ring is 1. The van der Waals surface area contributed by atoms with Gasteiger partial charge in [-0.3, -0.25) is 0 Å². The molecule has 76 valence electrons. The highest BCUT2D eigenvalue weighted by Gasteiger charge is 2.04. The number of aromatic hydroxyl groups is 1. The Balaban J connectivity index is 0.000000255. The van der Waals surface area contributed by atoms with Crippen molar-refractivity contribution in [2.75, 3.05) is 5.73 Å². The van der Waals surface area contributed by atoms with Gasteiger partial charge in [-0.15, -0.1) is 0 Å². The molecule has 6 heteroatoms. The van der Waals surface area contributed by atoms with Gasteiger partial charge in [-0.05, 0) is 12.1 Å². The van der Waals surface area contributed by atoms with Gasteiger partial charge in [0.2, 0.25) is 0 Å². The van der Waals surface area contributed by atoms with Crippen LogP contribution in [-0.4, -0.2) is 27.3 Å². The molecule has 1 aromatic rings. The van der Waals surface area contributed by atoms with Crippen LogP contribution in [0.25, 0.3) is 0 Å². The molecule has 0 atom stereocenters. The standard InChI is InChI=1S/C6H7NO.C2H2O4/c7-5-3-1-2-4-6(5)8;3-1(4)2(5)6/h1-4,8H,7H2;(H,3,4)(H,5,6). The molecule has 0 heterocycles. The first-order chi connectivity index (χ1) is 6.45. The van der Waals surface area contributed by atoms with Crippen molar-refractivity contribution in [1.82, 2.24) is 0 Å². The predicted octanol–water partition coefficient (Wildman–Crippen LogP) is 0.130.